The van der Waals surface area contributed by atoms with Crippen molar-refractivity contribution in [1.82, 2.24) is 15.0 Å². The molecule has 2 aromatic heterocycles. The molecule has 1 aromatic carbocycles. The van der Waals surface area contributed by atoms with Gasteiger partial charge in [0.05, 0.1) is 5.39 Å². The van der Waals surface area contributed by atoms with Crippen molar-refractivity contribution >= 4 is 38.7 Å². The minimum Gasteiger partial charge on any atom is -0.383 e. The van der Waals surface area contributed by atoms with Gasteiger partial charge in [0, 0.05) is 16.7 Å². The van der Waals surface area contributed by atoms with E-state index in [1.807, 2.05) is 26.0 Å². The Balaban J connectivity index is 1.90. The smallest absolute Gasteiger partial charge is 0.226 e. The third kappa shape index (κ3) is 3.27. The van der Waals surface area contributed by atoms with Gasteiger partial charge in [0.1, 0.15) is 5.82 Å². The van der Waals surface area contributed by atoms with Gasteiger partial charge in [0.2, 0.25) is 5.95 Å². The van der Waals surface area contributed by atoms with Crippen molar-refractivity contribution in [2.24, 2.45) is 0 Å². The van der Waals surface area contributed by atoms with Crippen LogP contribution in [0.3, 0.4) is 0 Å². The number of benzene rings is 1. The van der Waals surface area contributed by atoms with Gasteiger partial charge >= 0.3 is 0 Å². The summed E-state index contributed by atoms with van der Waals surface area (Å²) in [5.41, 5.74) is 11.0. The van der Waals surface area contributed by atoms with E-state index in [2.05, 4.69) is 55.3 Å². The van der Waals surface area contributed by atoms with Crippen LogP contribution in [-0.2, 0) is 6.54 Å². The van der Waals surface area contributed by atoms with Gasteiger partial charge in [0.25, 0.3) is 0 Å². The van der Waals surface area contributed by atoms with Crippen molar-refractivity contribution in [1.29, 1.82) is 0 Å². The second kappa shape index (κ2) is 6.12. The maximum absolute atomic E-state index is 6.08. The molecule has 3 aromatic rings. The van der Waals surface area contributed by atoms with Crippen molar-refractivity contribution in [2.75, 3.05) is 11.1 Å². The van der Waals surface area contributed by atoms with E-state index in [9.17, 15) is 0 Å². The highest BCUT2D eigenvalue weighted by Gasteiger charge is 2.10. The molecule has 118 valence electrons. The van der Waals surface area contributed by atoms with E-state index in [4.69, 9.17) is 5.73 Å². The van der Waals surface area contributed by atoms with Crippen LogP contribution in [0.4, 0.5) is 11.8 Å². The summed E-state index contributed by atoms with van der Waals surface area (Å²) in [6.07, 6.45) is 0. The second-order valence-corrected chi connectivity index (χ2v) is 6.50. The molecule has 3 rings (SSSR count). The molecule has 0 saturated carbocycles. The largest absolute Gasteiger partial charge is 0.383 e. The molecule has 0 saturated heterocycles. The fraction of sp³-hybridized carbons (Fsp3) is 0.235. The maximum atomic E-state index is 6.08. The Labute approximate surface area is 143 Å². The van der Waals surface area contributed by atoms with E-state index in [0.29, 0.717) is 24.0 Å². The summed E-state index contributed by atoms with van der Waals surface area (Å²) in [5, 5.41) is 4.04. The molecule has 0 aliphatic carbocycles. The van der Waals surface area contributed by atoms with Crippen molar-refractivity contribution < 1.29 is 0 Å². The summed E-state index contributed by atoms with van der Waals surface area (Å²) in [6, 6.07) is 8.20. The molecule has 0 fully saturated rings. The van der Waals surface area contributed by atoms with Crippen LogP contribution in [0.5, 0.6) is 0 Å². The third-order valence-corrected chi connectivity index (χ3v) is 4.58. The lowest BCUT2D eigenvalue weighted by Crippen LogP contribution is -2.07. The van der Waals surface area contributed by atoms with Gasteiger partial charge in [-0.25, -0.2) is 4.98 Å². The van der Waals surface area contributed by atoms with Gasteiger partial charge in [-0.1, -0.05) is 28.1 Å². The Morgan fingerprint density at radius 3 is 2.57 bits per heavy atom. The Morgan fingerprint density at radius 1 is 1.04 bits per heavy atom. The first-order valence-electron chi connectivity index (χ1n) is 7.34. The van der Waals surface area contributed by atoms with E-state index in [0.717, 1.165) is 26.7 Å². The number of anilines is 2. The lowest BCUT2D eigenvalue weighted by Gasteiger charge is -2.10. The number of nitrogens with two attached hydrogens (primary N) is 1. The number of nitrogens with zero attached hydrogens (tertiary/aromatic N) is 3. The fourth-order valence-corrected chi connectivity index (χ4v) is 2.83. The van der Waals surface area contributed by atoms with Crippen LogP contribution in [0.25, 0.3) is 11.0 Å². The average Bonchev–Trinajstić information content (AvgIpc) is 2.47. The van der Waals surface area contributed by atoms with Crippen molar-refractivity contribution in [3.8, 4) is 0 Å². The van der Waals surface area contributed by atoms with E-state index in [1.165, 1.54) is 5.56 Å². The minimum absolute atomic E-state index is 0.453. The zero-order chi connectivity index (χ0) is 16.6. The lowest BCUT2D eigenvalue weighted by molar-refractivity contribution is 1.06. The first-order chi connectivity index (χ1) is 10.9. The standard InChI is InChI=1S/C17H18BrN5/c1-9-7-12(4-5-13(9)18)8-20-17-22-15(19)14-10(2)6-11(3)21-16(14)23-17/h4-7H,8H2,1-3H3,(H3,19,20,21,22,23). The quantitative estimate of drug-likeness (QED) is 0.729. The molecular formula is C17H18BrN5. The number of hydrogen-bond acceptors (Lipinski definition) is 5. The average molecular weight is 372 g/mol. The number of nitrogens with one attached hydrogen (secondary N) is 1. The van der Waals surface area contributed by atoms with Crippen LogP contribution >= 0.6 is 15.9 Å². The summed E-state index contributed by atoms with van der Waals surface area (Å²) < 4.78 is 1.10. The predicted molar refractivity (Wildman–Crippen MR) is 97.4 cm³/mol. The van der Waals surface area contributed by atoms with Crippen molar-refractivity contribution in [3.63, 3.8) is 0 Å². The van der Waals surface area contributed by atoms with Crippen LogP contribution in [0, 0.1) is 20.8 Å². The van der Waals surface area contributed by atoms with Crippen LogP contribution in [0.1, 0.15) is 22.4 Å². The molecule has 6 heteroatoms. The van der Waals surface area contributed by atoms with Crippen molar-refractivity contribution in [3.05, 3.63) is 51.1 Å². The number of pyridine rings is 1. The van der Waals surface area contributed by atoms with Gasteiger partial charge < -0.3 is 11.1 Å². The van der Waals surface area contributed by atoms with Crippen LogP contribution in [0.15, 0.2) is 28.7 Å². The third-order valence-electron chi connectivity index (χ3n) is 3.69. The number of aryl methyl sites for hydroxylation is 3. The summed E-state index contributed by atoms with van der Waals surface area (Å²) in [4.78, 5) is 13.3. The molecule has 2 heterocycles. The monoisotopic (exact) mass is 371 g/mol. The number of fused-ring (bicyclic) bond motifs is 1. The predicted octanol–water partition coefficient (Wildman–Crippen LogP) is 3.91. The molecule has 0 aliphatic rings. The van der Waals surface area contributed by atoms with Crippen LogP contribution in [-0.4, -0.2) is 15.0 Å². The Bertz CT molecular complexity index is 892. The second-order valence-electron chi connectivity index (χ2n) is 5.65. The molecule has 5 nitrogen and oxygen atoms in total. The van der Waals surface area contributed by atoms with Gasteiger partial charge in [-0.3, -0.25) is 0 Å². The summed E-state index contributed by atoms with van der Waals surface area (Å²) in [5.74, 6) is 0.947. The van der Waals surface area contributed by atoms with Crippen LogP contribution in [0.2, 0.25) is 0 Å². The zero-order valence-corrected chi connectivity index (χ0v) is 14.9. The lowest BCUT2D eigenvalue weighted by atomic mass is 10.1. The number of rotatable bonds is 3. The Morgan fingerprint density at radius 2 is 1.83 bits per heavy atom. The molecule has 0 bridgehead atoms. The van der Waals surface area contributed by atoms with E-state index in [-0.39, 0.29) is 0 Å². The normalized spacial score (nSPS) is 11.0. The number of halogens is 1. The van der Waals surface area contributed by atoms with Crippen molar-refractivity contribution in [2.45, 2.75) is 27.3 Å². The van der Waals surface area contributed by atoms with E-state index in [1.54, 1.807) is 0 Å². The molecular weight excluding hydrogens is 354 g/mol. The highest BCUT2D eigenvalue weighted by molar-refractivity contribution is 9.10. The first-order valence-corrected chi connectivity index (χ1v) is 8.13. The first kappa shape index (κ1) is 15.7. The minimum atomic E-state index is 0.453. The molecule has 0 unspecified atom stereocenters. The molecule has 0 atom stereocenters. The molecule has 0 radical (unpaired) electrons. The summed E-state index contributed by atoms with van der Waals surface area (Å²) in [7, 11) is 0. The SMILES string of the molecule is Cc1cc(C)c2c(N)nc(NCc3ccc(Br)c(C)c3)nc2n1. The van der Waals surface area contributed by atoms with Gasteiger partial charge in [-0.15, -0.1) is 0 Å². The van der Waals surface area contributed by atoms with E-state index >= 15 is 0 Å². The fourth-order valence-electron chi connectivity index (χ4n) is 2.59. The molecule has 23 heavy (non-hydrogen) atoms. The zero-order valence-electron chi connectivity index (χ0n) is 13.3. The summed E-state index contributed by atoms with van der Waals surface area (Å²) in [6.45, 7) is 6.63. The maximum Gasteiger partial charge on any atom is 0.226 e. The number of hydrogen-bond donors (Lipinski definition) is 2. The number of nitrogen functional groups attached to an aromatic ring is 1. The van der Waals surface area contributed by atoms with Crippen LogP contribution < -0.4 is 11.1 Å². The van der Waals surface area contributed by atoms with Gasteiger partial charge in [-0.2, -0.15) is 9.97 Å². The molecule has 3 N–H and O–H groups in total. The Kier molecular flexibility index (Phi) is 4.17. The summed E-state index contributed by atoms with van der Waals surface area (Å²) >= 11 is 3.51. The van der Waals surface area contributed by atoms with Gasteiger partial charge in [-0.05, 0) is 49.6 Å². The molecule has 0 spiro atoms. The molecule has 0 amide bonds. The number of aromatic nitrogens is 3. The van der Waals surface area contributed by atoms with E-state index < -0.39 is 0 Å². The van der Waals surface area contributed by atoms with Gasteiger partial charge in [0.15, 0.2) is 5.65 Å². The topological polar surface area (TPSA) is 76.7 Å². The highest BCUT2D eigenvalue weighted by Crippen LogP contribution is 2.23. The highest BCUT2D eigenvalue weighted by atomic mass is 79.9. The molecule has 0 aliphatic heterocycles. The Hall–Kier alpha value is -2.21.